The molecule has 0 radical (unpaired) electrons. The van der Waals surface area contributed by atoms with E-state index in [2.05, 4.69) is 17.6 Å². The Morgan fingerprint density at radius 1 is 1.07 bits per heavy atom. The summed E-state index contributed by atoms with van der Waals surface area (Å²) in [6, 6.07) is 5.02. The molecule has 29 heavy (non-hydrogen) atoms. The zero-order valence-corrected chi connectivity index (χ0v) is 17.7. The van der Waals surface area contributed by atoms with Gasteiger partial charge in [0.05, 0.1) is 0 Å². The summed E-state index contributed by atoms with van der Waals surface area (Å²) in [4.78, 5) is 26.7. The van der Waals surface area contributed by atoms with Crippen LogP contribution in [0.2, 0.25) is 0 Å². The Morgan fingerprint density at radius 2 is 1.76 bits per heavy atom. The molecular formula is C23H34FN3O2. The number of nitrogens with one attached hydrogen (secondary N) is 2. The van der Waals surface area contributed by atoms with Gasteiger partial charge in [-0.2, -0.15) is 0 Å². The maximum Gasteiger partial charge on any atom is 0.317 e. The molecule has 2 aliphatic rings. The summed E-state index contributed by atoms with van der Waals surface area (Å²) in [7, 11) is 0. The summed E-state index contributed by atoms with van der Waals surface area (Å²) in [6.07, 6.45) is 6.26. The molecule has 2 N–H and O–H groups in total. The van der Waals surface area contributed by atoms with Crippen molar-refractivity contribution in [2.45, 2.75) is 58.9 Å². The molecule has 1 aliphatic heterocycles. The van der Waals surface area contributed by atoms with E-state index in [9.17, 15) is 14.0 Å². The lowest BCUT2D eigenvalue weighted by molar-refractivity contribution is -0.126. The number of rotatable bonds is 5. The molecule has 3 amide bonds. The van der Waals surface area contributed by atoms with Crippen LogP contribution >= 0.6 is 0 Å². The van der Waals surface area contributed by atoms with Gasteiger partial charge >= 0.3 is 6.03 Å². The highest BCUT2D eigenvalue weighted by Gasteiger charge is 2.27. The molecule has 2 fully saturated rings. The Kier molecular flexibility index (Phi) is 7.51. The van der Waals surface area contributed by atoms with Crippen LogP contribution < -0.4 is 10.6 Å². The van der Waals surface area contributed by atoms with Crippen LogP contribution in [0.1, 0.15) is 56.6 Å². The number of piperidine rings is 1. The number of benzene rings is 1. The number of likely N-dealkylation sites (tertiary alicyclic amines) is 1. The van der Waals surface area contributed by atoms with Gasteiger partial charge in [-0.3, -0.25) is 4.79 Å². The van der Waals surface area contributed by atoms with Gasteiger partial charge in [-0.05, 0) is 61.6 Å². The van der Waals surface area contributed by atoms with Crippen LogP contribution in [-0.2, 0) is 11.3 Å². The van der Waals surface area contributed by atoms with E-state index in [-0.39, 0.29) is 23.7 Å². The van der Waals surface area contributed by atoms with Gasteiger partial charge in [0.15, 0.2) is 0 Å². The number of nitrogens with zero attached hydrogens (tertiary/aromatic N) is 1. The molecule has 6 heteroatoms. The minimum Gasteiger partial charge on any atom is -0.352 e. The summed E-state index contributed by atoms with van der Waals surface area (Å²) in [5.41, 5.74) is 1.36. The van der Waals surface area contributed by atoms with Gasteiger partial charge in [0.25, 0.3) is 0 Å². The van der Waals surface area contributed by atoms with E-state index in [1.54, 1.807) is 13.0 Å². The first kappa shape index (κ1) is 21.6. The Bertz CT molecular complexity index is 708. The average molecular weight is 404 g/mol. The lowest BCUT2D eigenvalue weighted by Crippen LogP contribution is -2.47. The Morgan fingerprint density at radius 3 is 2.41 bits per heavy atom. The fourth-order valence-corrected chi connectivity index (χ4v) is 4.30. The van der Waals surface area contributed by atoms with Crippen molar-refractivity contribution < 1.29 is 14.0 Å². The van der Waals surface area contributed by atoms with Crippen LogP contribution in [0.4, 0.5) is 9.18 Å². The van der Waals surface area contributed by atoms with Crippen LogP contribution in [0.5, 0.6) is 0 Å². The van der Waals surface area contributed by atoms with Crippen molar-refractivity contribution in [3.05, 3.63) is 35.1 Å². The van der Waals surface area contributed by atoms with Crippen LogP contribution in [0, 0.1) is 30.5 Å². The van der Waals surface area contributed by atoms with E-state index in [1.807, 2.05) is 11.0 Å². The number of halogens is 1. The van der Waals surface area contributed by atoms with Crippen molar-refractivity contribution >= 4 is 11.9 Å². The van der Waals surface area contributed by atoms with Crippen molar-refractivity contribution in [1.29, 1.82) is 0 Å². The minimum atomic E-state index is -0.251. The highest BCUT2D eigenvalue weighted by atomic mass is 19.1. The lowest BCUT2D eigenvalue weighted by Gasteiger charge is -2.32. The second kappa shape index (κ2) is 10.1. The molecular weight excluding hydrogens is 369 g/mol. The van der Waals surface area contributed by atoms with E-state index >= 15 is 0 Å². The Hall–Kier alpha value is -2.11. The maximum atomic E-state index is 13.6. The van der Waals surface area contributed by atoms with E-state index in [1.165, 1.54) is 31.7 Å². The molecule has 160 valence electrons. The Labute approximate surface area is 173 Å². The van der Waals surface area contributed by atoms with Crippen LogP contribution in [0.25, 0.3) is 0 Å². The average Bonchev–Trinajstić information content (AvgIpc) is 2.74. The first-order valence-electron chi connectivity index (χ1n) is 11.0. The smallest absolute Gasteiger partial charge is 0.317 e. The number of carbonyl (C=O) groups is 2. The third-order valence-electron chi connectivity index (χ3n) is 6.53. The molecule has 0 bridgehead atoms. The summed E-state index contributed by atoms with van der Waals surface area (Å²) in [5, 5.41) is 5.99. The molecule has 0 unspecified atom stereocenters. The van der Waals surface area contributed by atoms with Crippen LogP contribution in [0.3, 0.4) is 0 Å². The number of carbonyl (C=O) groups excluding carboxylic acids is 2. The van der Waals surface area contributed by atoms with Gasteiger partial charge in [0, 0.05) is 32.1 Å². The van der Waals surface area contributed by atoms with Gasteiger partial charge < -0.3 is 15.5 Å². The van der Waals surface area contributed by atoms with E-state index in [0.29, 0.717) is 44.0 Å². The number of aryl methyl sites for hydroxylation is 1. The standard InChI is InChI=1S/C23H34FN3O2/c1-16-3-6-18(7-4-16)14-26-23(29)27-11-9-20(10-12-27)22(28)25-15-19-8-5-17(2)21(24)13-19/h5,8,13,16,18,20H,3-4,6-7,9-12,14-15H2,1-2H3,(H,25,28)(H,26,29). The van der Waals surface area contributed by atoms with Gasteiger partial charge in [0.2, 0.25) is 5.91 Å². The zero-order chi connectivity index (χ0) is 20.8. The normalized spacial score (nSPS) is 22.9. The van der Waals surface area contributed by atoms with Crippen molar-refractivity contribution in [2.24, 2.45) is 17.8 Å². The third-order valence-corrected chi connectivity index (χ3v) is 6.53. The van der Waals surface area contributed by atoms with Gasteiger partial charge in [0.1, 0.15) is 5.82 Å². The summed E-state index contributed by atoms with van der Waals surface area (Å²) >= 11 is 0. The molecule has 0 aromatic heterocycles. The fourth-order valence-electron chi connectivity index (χ4n) is 4.30. The molecule has 5 nitrogen and oxygen atoms in total. The number of hydrogen-bond donors (Lipinski definition) is 2. The maximum absolute atomic E-state index is 13.6. The highest BCUT2D eigenvalue weighted by Crippen LogP contribution is 2.27. The van der Waals surface area contributed by atoms with E-state index in [4.69, 9.17) is 0 Å². The van der Waals surface area contributed by atoms with Gasteiger partial charge in [-0.25, -0.2) is 9.18 Å². The first-order valence-corrected chi connectivity index (χ1v) is 11.0. The predicted octanol–water partition coefficient (Wildman–Crippen LogP) is 4.00. The van der Waals surface area contributed by atoms with E-state index < -0.39 is 0 Å². The topological polar surface area (TPSA) is 61.4 Å². The van der Waals surface area contributed by atoms with Crippen LogP contribution in [0.15, 0.2) is 18.2 Å². The zero-order valence-electron chi connectivity index (χ0n) is 17.7. The number of amides is 3. The molecule has 1 saturated carbocycles. The number of urea groups is 1. The fraction of sp³-hybridized carbons (Fsp3) is 0.652. The largest absolute Gasteiger partial charge is 0.352 e. The van der Waals surface area contributed by atoms with Crippen molar-refractivity contribution in [1.82, 2.24) is 15.5 Å². The first-order chi connectivity index (χ1) is 13.9. The van der Waals surface area contributed by atoms with Gasteiger partial charge in [-0.1, -0.05) is 31.9 Å². The number of hydrogen-bond acceptors (Lipinski definition) is 2. The second-order valence-electron chi connectivity index (χ2n) is 8.87. The third kappa shape index (κ3) is 6.18. The van der Waals surface area contributed by atoms with Crippen molar-refractivity contribution in [3.63, 3.8) is 0 Å². The highest BCUT2D eigenvalue weighted by molar-refractivity contribution is 5.79. The Balaban J connectivity index is 1.36. The van der Waals surface area contributed by atoms with Crippen molar-refractivity contribution in [2.75, 3.05) is 19.6 Å². The summed E-state index contributed by atoms with van der Waals surface area (Å²) in [5.74, 6) is 1.07. The van der Waals surface area contributed by atoms with Gasteiger partial charge in [-0.15, -0.1) is 0 Å². The molecule has 3 rings (SSSR count). The lowest BCUT2D eigenvalue weighted by atomic mass is 9.83. The monoisotopic (exact) mass is 403 g/mol. The van der Waals surface area contributed by atoms with Crippen molar-refractivity contribution in [3.8, 4) is 0 Å². The SMILES string of the molecule is Cc1ccc(CNC(=O)C2CCN(C(=O)NCC3CCC(C)CC3)CC2)cc1F. The molecule has 1 aromatic rings. The molecule has 1 aromatic carbocycles. The predicted molar refractivity (Wildman–Crippen MR) is 112 cm³/mol. The molecule has 1 heterocycles. The molecule has 1 saturated heterocycles. The quantitative estimate of drug-likeness (QED) is 0.781. The summed E-state index contributed by atoms with van der Waals surface area (Å²) < 4.78 is 13.6. The minimum absolute atomic E-state index is 0.00221. The van der Waals surface area contributed by atoms with Crippen LogP contribution in [-0.4, -0.2) is 36.5 Å². The molecule has 0 spiro atoms. The van der Waals surface area contributed by atoms with E-state index in [0.717, 1.165) is 18.0 Å². The second-order valence-corrected chi connectivity index (χ2v) is 8.87. The molecule has 0 atom stereocenters. The summed E-state index contributed by atoms with van der Waals surface area (Å²) in [6.45, 7) is 6.32. The molecule has 1 aliphatic carbocycles.